The summed E-state index contributed by atoms with van der Waals surface area (Å²) in [4.78, 5) is 17.4. The quantitative estimate of drug-likeness (QED) is 0.373. The van der Waals surface area contributed by atoms with E-state index in [4.69, 9.17) is 20.8 Å². The predicted molar refractivity (Wildman–Crippen MR) is 124 cm³/mol. The van der Waals surface area contributed by atoms with Crippen LogP contribution < -0.4 is 10.1 Å². The standard InChI is InChI=1S/C25H23ClN2O3/c1-14(2)16-7-10-23-21(12-16)28-25(31-23)18-6-5-15(3)20(13-18)27-24(29)17-8-9-22(30-4)19(26)11-17/h5-14H,1-4H3,(H,27,29). The molecule has 1 heterocycles. The number of aromatic nitrogens is 1. The van der Waals surface area contributed by atoms with E-state index in [-0.39, 0.29) is 5.91 Å². The zero-order valence-electron chi connectivity index (χ0n) is 17.8. The van der Waals surface area contributed by atoms with Gasteiger partial charge in [0.25, 0.3) is 5.91 Å². The average molecular weight is 435 g/mol. The van der Waals surface area contributed by atoms with E-state index in [1.54, 1.807) is 18.2 Å². The lowest BCUT2D eigenvalue weighted by molar-refractivity contribution is 0.102. The summed E-state index contributed by atoms with van der Waals surface area (Å²) in [6, 6.07) is 16.7. The van der Waals surface area contributed by atoms with E-state index in [9.17, 15) is 4.79 Å². The van der Waals surface area contributed by atoms with Crippen LogP contribution in [-0.2, 0) is 0 Å². The molecule has 1 aromatic heterocycles. The van der Waals surface area contributed by atoms with Crippen LogP contribution in [0.3, 0.4) is 0 Å². The molecule has 0 aliphatic carbocycles. The molecule has 0 fully saturated rings. The highest BCUT2D eigenvalue weighted by molar-refractivity contribution is 6.32. The number of aryl methyl sites for hydroxylation is 1. The number of rotatable bonds is 5. The molecule has 0 unspecified atom stereocenters. The van der Waals surface area contributed by atoms with Crippen LogP contribution in [0.25, 0.3) is 22.6 Å². The molecular formula is C25H23ClN2O3. The van der Waals surface area contributed by atoms with Gasteiger partial charge in [-0.2, -0.15) is 0 Å². The first kappa shape index (κ1) is 20.9. The average Bonchev–Trinajstić information content (AvgIpc) is 3.18. The van der Waals surface area contributed by atoms with Gasteiger partial charge in [0, 0.05) is 16.8 Å². The Balaban J connectivity index is 1.63. The van der Waals surface area contributed by atoms with Crippen molar-refractivity contribution in [2.75, 3.05) is 12.4 Å². The number of hydrogen-bond acceptors (Lipinski definition) is 4. The number of nitrogens with zero attached hydrogens (tertiary/aromatic N) is 1. The molecule has 5 nitrogen and oxygen atoms in total. The first-order valence-electron chi connectivity index (χ1n) is 10.0. The molecule has 4 aromatic rings. The lowest BCUT2D eigenvalue weighted by Gasteiger charge is -2.11. The topological polar surface area (TPSA) is 64.4 Å². The summed E-state index contributed by atoms with van der Waals surface area (Å²) in [6.07, 6.45) is 0. The van der Waals surface area contributed by atoms with E-state index in [1.165, 1.54) is 12.7 Å². The number of ether oxygens (including phenoxy) is 1. The maximum atomic E-state index is 12.8. The van der Waals surface area contributed by atoms with Gasteiger partial charge in [-0.15, -0.1) is 0 Å². The number of benzene rings is 3. The first-order chi connectivity index (χ1) is 14.9. The monoisotopic (exact) mass is 434 g/mol. The van der Waals surface area contributed by atoms with Crippen LogP contribution in [0.2, 0.25) is 5.02 Å². The summed E-state index contributed by atoms with van der Waals surface area (Å²) >= 11 is 6.16. The highest BCUT2D eigenvalue weighted by Gasteiger charge is 2.14. The largest absolute Gasteiger partial charge is 0.495 e. The number of methoxy groups -OCH3 is 1. The normalized spacial score (nSPS) is 11.2. The molecule has 3 aromatic carbocycles. The molecule has 0 saturated carbocycles. The fourth-order valence-corrected chi connectivity index (χ4v) is 3.58. The third-order valence-corrected chi connectivity index (χ3v) is 5.52. The van der Waals surface area contributed by atoms with E-state index in [0.29, 0.717) is 33.8 Å². The Hall–Kier alpha value is -3.31. The van der Waals surface area contributed by atoms with E-state index in [1.807, 2.05) is 31.2 Å². The third kappa shape index (κ3) is 4.28. The molecule has 0 saturated heterocycles. The lowest BCUT2D eigenvalue weighted by Crippen LogP contribution is -2.13. The lowest BCUT2D eigenvalue weighted by atomic mass is 10.0. The number of halogens is 1. The molecule has 0 radical (unpaired) electrons. The zero-order valence-corrected chi connectivity index (χ0v) is 18.6. The molecule has 31 heavy (non-hydrogen) atoms. The van der Waals surface area contributed by atoms with Crippen molar-refractivity contribution in [1.29, 1.82) is 0 Å². The molecule has 0 bridgehead atoms. The number of carbonyl (C=O) groups is 1. The Labute approximate surface area is 186 Å². The second-order valence-electron chi connectivity index (χ2n) is 7.73. The van der Waals surface area contributed by atoms with E-state index in [2.05, 4.69) is 36.3 Å². The smallest absolute Gasteiger partial charge is 0.255 e. The summed E-state index contributed by atoms with van der Waals surface area (Å²) in [5.74, 6) is 1.19. The maximum Gasteiger partial charge on any atom is 0.255 e. The fraction of sp³-hybridized carbons (Fsp3) is 0.200. The van der Waals surface area contributed by atoms with Gasteiger partial charge in [0.1, 0.15) is 11.3 Å². The van der Waals surface area contributed by atoms with Crippen LogP contribution in [0.5, 0.6) is 5.75 Å². The van der Waals surface area contributed by atoms with Crippen molar-refractivity contribution in [2.45, 2.75) is 26.7 Å². The molecule has 158 valence electrons. The summed E-state index contributed by atoms with van der Waals surface area (Å²) in [5.41, 5.74) is 5.60. The molecule has 6 heteroatoms. The molecule has 0 aliphatic heterocycles. The van der Waals surface area contributed by atoms with Crippen molar-refractivity contribution in [3.05, 3.63) is 76.3 Å². The summed E-state index contributed by atoms with van der Waals surface area (Å²) in [7, 11) is 1.53. The maximum absolute atomic E-state index is 12.8. The minimum Gasteiger partial charge on any atom is -0.495 e. The van der Waals surface area contributed by atoms with Gasteiger partial charge in [-0.3, -0.25) is 4.79 Å². The molecule has 0 spiro atoms. The second-order valence-corrected chi connectivity index (χ2v) is 8.14. The Morgan fingerprint density at radius 1 is 1.10 bits per heavy atom. The van der Waals surface area contributed by atoms with Crippen LogP contribution in [0.1, 0.15) is 41.3 Å². The molecule has 0 atom stereocenters. The fourth-order valence-electron chi connectivity index (χ4n) is 3.32. The molecule has 0 aliphatic rings. The van der Waals surface area contributed by atoms with Gasteiger partial charge in [0.2, 0.25) is 5.89 Å². The zero-order chi connectivity index (χ0) is 22.1. The van der Waals surface area contributed by atoms with Gasteiger partial charge in [-0.25, -0.2) is 4.98 Å². The Morgan fingerprint density at radius 3 is 2.61 bits per heavy atom. The predicted octanol–water partition coefficient (Wildman–Crippen LogP) is 6.84. The Kier molecular flexibility index (Phi) is 5.70. The van der Waals surface area contributed by atoms with Crippen LogP contribution in [0, 0.1) is 6.92 Å². The van der Waals surface area contributed by atoms with Crippen molar-refractivity contribution < 1.29 is 13.9 Å². The van der Waals surface area contributed by atoms with Crippen molar-refractivity contribution in [3.63, 3.8) is 0 Å². The molecule has 4 rings (SSSR count). The Morgan fingerprint density at radius 2 is 1.90 bits per heavy atom. The van der Waals surface area contributed by atoms with Crippen LogP contribution in [0.4, 0.5) is 5.69 Å². The van der Waals surface area contributed by atoms with Crippen molar-refractivity contribution in [1.82, 2.24) is 4.98 Å². The first-order valence-corrected chi connectivity index (χ1v) is 10.4. The highest BCUT2D eigenvalue weighted by atomic mass is 35.5. The number of nitrogens with one attached hydrogen (secondary N) is 1. The van der Waals surface area contributed by atoms with Gasteiger partial charge in [0.15, 0.2) is 5.58 Å². The number of amides is 1. The van der Waals surface area contributed by atoms with Crippen LogP contribution >= 0.6 is 11.6 Å². The number of fused-ring (bicyclic) bond motifs is 1. The van der Waals surface area contributed by atoms with Crippen molar-refractivity contribution >= 4 is 34.3 Å². The van der Waals surface area contributed by atoms with Crippen LogP contribution in [-0.4, -0.2) is 18.0 Å². The number of oxazole rings is 1. The van der Waals surface area contributed by atoms with Crippen LogP contribution in [0.15, 0.2) is 59.0 Å². The van der Waals surface area contributed by atoms with Gasteiger partial charge >= 0.3 is 0 Å². The second kappa shape index (κ2) is 8.44. The Bertz CT molecular complexity index is 1280. The van der Waals surface area contributed by atoms with Gasteiger partial charge in [-0.1, -0.05) is 37.6 Å². The number of carbonyl (C=O) groups excluding carboxylic acids is 1. The van der Waals surface area contributed by atoms with Gasteiger partial charge in [-0.05, 0) is 66.4 Å². The molecular weight excluding hydrogens is 412 g/mol. The van der Waals surface area contributed by atoms with E-state index >= 15 is 0 Å². The molecule has 1 amide bonds. The molecule has 1 N–H and O–H groups in total. The summed E-state index contributed by atoms with van der Waals surface area (Å²) in [5, 5.41) is 3.33. The van der Waals surface area contributed by atoms with Crippen molar-refractivity contribution in [2.24, 2.45) is 0 Å². The highest BCUT2D eigenvalue weighted by Crippen LogP contribution is 2.30. The minimum absolute atomic E-state index is 0.260. The minimum atomic E-state index is -0.260. The number of hydrogen-bond donors (Lipinski definition) is 1. The summed E-state index contributed by atoms with van der Waals surface area (Å²) in [6.45, 7) is 6.22. The van der Waals surface area contributed by atoms with Gasteiger partial charge < -0.3 is 14.5 Å². The SMILES string of the molecule is COc1ccc(C(=O)Nc2cc(-c3nc4cc(C(C)C)ccc4o3)ccc2C)cc1Cl. The van der Waals surface area contributed by atoms with Crippen molar-refractivity contribution in [3.8, 4) is 17.2 Å². The van der Waals surface area contributed by atoms with Gasteiger partial charge in [0.05, 0.1) is 12.1 Å². The number of anilines is 1. The third-order valence-electron chi connectivity index (χ3n) is 5.22. The van der Waals surface area contributed by atoms with E-state index < -0.39 is 0 Å². The van der Waals surface area contributed by atoms with E-state index in [0.717, 1.165) is 22.2 Å². The summed E-state index contributed by atoms with van der Waals surface area (Å²) < 4.78 is 11.1.